The molecule has 0 aromatic heterocycles. The van der Waals surface area contributed by atoms with Gasteiger partial charge < -0.3 is 14.8 Å². The van der Waals surface area contributed by atoms with E-state index in [2.05, 4.69) is 5.32 Å². The fourth-order valence-corrected chi connectivity index (χ4v) is 4.16. The maximum Gasteiger partial charge on any atom is 0.232 e. The van der Waals surface area contributed by atoms with Gasteiger partial charge in [0.2, 0.25) is 15.9 Å². The number of rotatable bonds is 12. The summed E-state index contributed by atoms with van der Waals surface area (Å²) < 4.78 is 36.3. The predicted octanol–water partition coefficient (Wildman–Crippen LogP) is 3.00. The molecule has 0 saturated carbocycles. The molecule has 0 saturated heterocycles. The highest BCUT2D eigenvalue weighted by molar-refractivity contribution is 7.92. The largest absolute Gasteiger partial charge is 0.496 e. The molecule has 0 heterocycles. The molecule has 0 bridgehead atoms. The Bertz CT molecular complexity index is 931. The van der Waals surface area contributed by atoms with E-state index in [0.717, 1.165) is 30.4 Å². The molecule has 0 fully saturated rings. The van der Waals surface area contributed by atoms with Gasteiger partial charge in [-0.2, -0.15) is 0 Å². The van der Waals surface area contributed by atoms with Gasteiger partial charge in [-0.25, -0.2) is 8.42 Å². The monoisotopic (exact) mass is 434 g/mol. The first-order valence-electron chi connectivity index (χ1n) is 9.86. The zero-order valence-electron chi connectivity index (χ0n) is 17.8. The summed E-state index contributed by atoms with van der Waals surface area (Å²) in [5, 5.41) is 2.89. The topological polar surface area (TPSA) is 84.9 Å². The van der Waals surface area contributed by atoms with Crippen molar-refractivity contribution in [3.05, 3.63) is 54.1 Å². The number of nitrogens with zero attached hydrogens (tertiary/aromatic N) is 1. The van der Waals surface area contributed by atoms with Crippen molar-refractivity contribution in [1.29, 1.82) is 0 Å². The van der Waals surface area contributed by atoms with Crippen LogP contribution in [0.4, 0.5) is 5.69 Å². The third-order valence-corrected chi connectivity index (χ3v) is 5.84. The minimum atomic E-state index is -3.50. The van der Waals surface area contributed by atoms with E-state index >= 15 is 0 Å². The normalized spacial score (nSPS) is 11.0. The van der Waals surface area contributed by atoms with Crippen LogP contribution in [0.2, 0.25) is 0 Å². The van der Waals surface area contributed by atoms with Gasteiger partial charge in [0, 0.05) is 19.5 Å². The highest BCUT2D eigenvalue weighted by Gasteiger charge is 2.20. The summed E-state index contributed by atoms with van der Waals surface area (Å²) in [4.78, 5) is 12.1. The highest BCUT2D eigenvalue weighted by atomic mass is 32.2. The minimum absolute atomic E-state index is 0.0940. The molecule has 0 atom stereocenters. The third kappa shape index (κ3) is 6.95. The van der Waals surface area contributed by atoms with Crippen molar-refractivity contribution in [1.82, 2.24) is 5.32 Å². The van der Waals surface area contributed by atoms with Gasteiger partial charge in [0.1, 0.15) is 11.5 Å². The van der Waals surface area contributed by atoms with E-state index in [9.17, 15) is 13.2 Å². The van der Waals surface area contributed by atoms with Crippen LogP contribution in [0.15, 0.2) is 48.5 Å². The lowest BCUT2D eigenvalue weighted by Crippen LogP contribution is -2.32. The number of sulfonamides is 1. The van der Waals surface area contributed by atoms with E-state index in [4.69, 9.17) is 9.47 Å². The molecule has 1 N–H and O–H groups in total. The van der Waals surface area contributed by atoms with Crippen LogP contribution in [0.25, 0.3) is 0 Å². The van der Waals surface area contributed by atoms with Crippen LogP contribution < -0.4 is 19.1 Å². The molecule has 8 heteroatoms. The Kier molecular flexibility index (Phi) is 8.98. The molecule has 0 unspecified atom stereocenters. The summed E-state index contributed by atoms with van der Waals surface area (Å²) in [7, 11) is -0.355. The van der Waals surface area contributed by atoms with Crippen molar-refractivity contribution >= 4 is 21.6 Å². The van der Waals surface area contributed by atoms with Crippen LogP contribution in [-0.2, 0) is 21.2 Å². The molecule has 0 aliphatic carbocycles. The average molecular weight is 435 g/mol. The van der Waals surface area contributed by atoms with Crippen LogP contribution in [-0.4, -0.2) is 47.9 Å². The number of amides is 1. The highest BCUT2D eigenvalue weighted by Crippen LogP contribution is 2.29. The fourth-order valence-electron chi connectivity index (χ4n) is 3.19. The van der Waals surface area contributed by atoms with Crippen molar-refractivity contribution in [2.75, 3.05) is 37.9 Å². The Morgan fingerprint density at radius 1 is 0.967 bits per heavy atom. The lowest BCUT2D eigenvalue weighted by molar-refractivity contribution is -0.121. The lowest BCUT2D eigenvalue weighted by atomic mass is 10.1. The number of anilines is 1. The van der Waals surface area contributed by atoms with Crippen molar-refractivity contribution in [3.63, 3.8) is 0 Å². The summed E-state index contributed by atoms with van der Waals surface area (Å²) in [6.07, 6.45) is 3.40. The standard InChI is InChI=1S/C22H30N2O5S/c1-28-20-13-6-4-10-18(20)11-8-16-23-22(25)15-9-17-24(30(3,26)27)19-12-5-7-14-21(19)29-2/h4-7,10,12-14H,8-9,11,15-17H2,1-3H3,(H,23,25). The van der Waals surface area contributed by atoms with Crippen LogP contribution in [0.5, 0.6) is 11.5 Å². The van der Waals surface area contributed by atoms with E-state index in [1.165, 1.54) is 11.4 Å². The van der Waals surface area contributed by atoms with E-state index in [-0.39, 0.29) is 18.9 Å². The van der Waals surface area contributed by atoms with E-state index in [1.807, 2.05) is 24.3 Å². The molecule has 2 rings (SSSR count). The Morgan fingerprint density at radius 3 is 2.27 bits per heavy atom. The first-order chi connectivity index (χ1) is 14.4. The first kappa shape index (κ1) is 23.5. The number of aryl methyl sites for hydroxylation is 1. The molecule has 0 aliphatic heterocycles. The molecular weight excluding hydrogens is 404 g/mol. The maximum atomic E-state index is 12.2. The molecule has 1 amide bonds. The van der Waals surface area contributed by atoms with Gasteiger partial charge in [-0.1, -0.05) is 30.3 Å². The maximum absolute atomic E-state index is 12.2. The van der Waals surface area contributed by atoms with Crippen LogP contribution >= 0.6 is 0 Å². The quantitative estimate of drug-likeness (QED) is 0.519. The number of carbonyl (C=O) groups excluding carboxylic acids is 1. The zero-order valence-corrected chi connectivity index (χ0v) is 18.6. The zero-order chi connectivity index (χ0) is 22.0. The summed E-state index contributed by atoms with van der Waals surface area (Å²) in [6.45, 7) is 0.757. The molecular formula is C22H30N2O5S. The summed E-state index contributed by atoms with van der Waals surface area (Å²) in [5.41, 5.74) is 1.58. The van der Waals surface area contributed by atoms with E-state index in [0.29, 0.717) is 24.4 Å². The number of hydrogen-bond donors (Lipinski definition) is 1. The smallest absolute Gasteiger partial charge is 0.232 e. The number of hydrogen-bond acceptors (Lipinski definition) is 5. The molecule has 164 valence electrons. The van der Waals surface area contributed by atoms with Gasteiger partial charge in [-0.15, -0.1) is 0 Å². The SMILES string of the molecule is COc1ccccc1CCCNC(=O)CCCN(c1ccccc1OC)S(C)(=O)=O. The van der Waals surface area contributed by atoms with Gasteiger partial charge in [0.05, 0.1) is 26.2 Å². The van der Waals surface area contributed by atoms with Gasteiger partial charge in [-0.3, -0.25) is 9.10 Å². The van der Waals surface area contributed by atoms with E-state index in [1.54, 1.807) is 31.4 Å². The number of ether oxygens (including phenoxy) is 2. The third-order valence-electron chi connectivity index (χ3n) is 4.66. The summed E-state index contributed by atoms with van der Waals surface area (Å²) in [6, 6.07) is 14.8. The van der Waals surface area contributed by atoms with Gasteiger partial charge in [0.25, 0.3) is 0 Å². The van der Waals surface area contributed by atoms with Crippen molar-refractivity contribution in [2.24, 2.45) is 0 Å². The molecule has 2 aromatic carbocycles. The average Bonchev–Trinajstić information content (AvgIpc) is 2.73. The molecule has 0 spiro atoms. The van der Waals surface area contributed by atoms with Crippen molar-refractivity contribution in [2.45, 2.75) is 25.7 Å². The predicted molar refractivity (Wildman–Crippen MR) is 119 cm³/mol. The number of methoxy groups -OCH3 is 2. The van der Waals surface area contributed by atoms with Crippen LogP contribution in [0.3, 0.4) is 0 Å². The first-order valence-corrected chi connectivity index (χ1v) is 11.7. The Hall–Kier alpha value is -2.74. The van der Waals surface area contributed by atoms with Crippen LogP contribution in [0.1, 0.15) is 24.8 Å². The second-order valence-corrected chi connectivity index (χ2v) is 8.78. The fraction of sp³-hybridized carbons (Fsp3) is 0.409. The molecule has 0 radical (unpaired) electrons. The number of nitrogens with one attached hydrogen (secondary N) is 1. The number of benzene rings is 2. The number of carbonyl (C=O) groups is 1. The molecule has 7 nitrogen and oxygen atoms in total. The van der Waals surface area contributed by atoms with Gasteiger partial charge >= 0.3 is 0 Å². The molecule has 2 aromatic rings. The molecule has 0 aliphatic rings. The Balaban J connectivity index is 1.80. The summed E-state index contributed by atoms with van der Waals surface area (Å²) in [5.74, 6) is 1.23. The Labute approximate surface area is 179 Å². The van der Waals surface area contributed by atoms with Crippen LogP contribution in [0, 0.1) is 0 Å². The second-order valence-electron chi connectivity index (χ2n) is 6.88. The van der Waals surface area contributed by atoms with Gasteiger partial charge in [0.15, 0.2) is 0 Å². The number of para-hydroxylation sites is 3. The Morgan fingerprint density at radius 2 is 1.60 bits per heavy atom. The van der Waals surface area contributed by atoms with Gasteiger partial charge in [-0.05, 0) is 43.0 Å². The van der Waals surface area contributed by atoms with Crippen molar-refractivity contribution in [3.8, 4) is 11.5 Å². The minimum Gasteiger partial charge on any atom is -0.496 e. The second kappa shape index (κ2) is 11.4. The van der Waals surface area contributed by atoms with Crippen molar-refractivity contribution < 1.29 is 22.7 Å². The lowest BCUT2D eigenvalue weighted by Gasteiger charge is -2.24. The van der Waals surface area contributed by atoms with E-state index < -0.39 is 10.0 Å². The summed E-state index contributed by atoms with van der Waals surface area (Å²) >= 11 is 0. The molecule has 30 heavy (non-hydrogen) atoms.